The summed E-state index contributed by atoms with van der Waals surface area (Å²) in [6, 6.07) is 0.346. The van der Waals surface area contributed by atoms with Crippen molar-refractivity contribution in [3.8, 4) is 0 Å². The van der Waals surface area contributed by atoms with E-state index in [1.165, 1.54) is 6.42 Å². The molecular formula is C12H24N2O. The monoisotopic (exact) mass is 212 g/mol. The van der Waals surface area contributed by atoms with Crippen LogP contribution in [0.4, 0.5) is 0 Å². The first-order valence-corrected chi connectivity index (χ1v) is 5.78. The van der Waals surface area contributed by atoms with E-state index in [1.807, 2.05) is 13.8 Å². The van der Waals surface area contributed by atoms with Crippen molar-refractivity contribution < 1.29 is 4.79 Å². The van der Waals surface area contributed by atoms with Crippen LogP contribution in [-0.4, -0.2) is 18.5 Å². The van der Waals surface area contributed by atoms with Crippen molar-refractivity contribution in [2.45, 2.75) is 53.0 Å². The lowest BCUT2D eigenvalue weighted by atomic mass is 9.90. The first-order chi connectivity index (χ1) is 6.77. The van der Waals surface area contributed by atoms with Gasteiger partial charge in [-0.3, -0.25) is 4.79 Å². The molecule has 0 heterocycles. The second-order valence-corrected chi connectivity index (χ2v) is 6.17. The highest BCUT2D eigenvalue weighted by Gasteiger charge is 2.34. The molecule has 1 aliphatic rings. The summed E-state index contributed by atoms with van der Waals surface area (Å²) >= 11 is 0. The lowest BCUT2D eigenvalue weighted by Crippen LogP contribution is -2.45. The van der Waals surface area contributed by atoms with Crippen LogP contribution in [-0.2, 0) is 4.79 Å². The predicted molar refractivity (Wildman–Crippen MR) is 62.4 cm³/mol. The second kappa shape index (κ2) is 4.12. The summed E-state index contributed by atoms with van der Waals surface area (Å²) in [5, 5.41) is 3.11. The third-order valence-electron chi connectivity index (χ3n) is 3.43. The van der Waals surface area contributed by atoms with Gasteiger partial charge in [0.1, 0.15) is 0 Å². The van der Waals surface area contributed by atoms with Crippen LogP contribution < -0.4 is 11.1 Å². The standard InChI is InChI=1S/C12H24N2O/c1-11(2)6-5-9(7-11)14-10(15)12(3,4)8-13/h9H,5-8,13H2,1-4H3,(H,14,15). The van der Waals surface area contributed by atoms with Crippen LogP contribution in [0.1, 0.15) is 47.0 Å². The van der Waals surface area contributed by atoms with Crippen LogP contribution in [0, 0.1) is 10.8 Å². The molecule has 0 aliphatic heterocycles. The number of nitrogens with one attached hydrogen (secondary N) is 1. The topological polar surface area (TPSA) is 55.1 Å². The first kappa shape index (κ1) is 12.5. The molecule has 0 aromatic heterocycles. The zero-order chi connectivity index (χ0) is 11.7. The summed E-state index contributed by atoms with van der Waals surface area (Å²) in [4.78, 5) is 11.9. The Morgan fingerprint density at radius 2 is 2.13 bits per heavy atom. The van der Waals surface area contributed by atoms with Crippen LogP contribution in [0.5, 0.6) is 0 Å². The number of carbonyl (C=O) groups excluding carboxylic acids is 1. The van der Waals surface area contributed by atoms with Crippen molar-refractivity contribution in [3.63, 3.8) is 0 Å². The molecule has 0 spiro atoms. The fourth-order valence-corrected chi connectivity index (χ4v) is 2.03. The minimum atomic E-state index is -0.438. The Kier molecular flexibility index (Phi) is 3.44. The van der Waals surface area contributed by atoms with E-state index in [0.717, 1.165) is 12.8 Å². The smallest absolute Gasteiger partial charge is 0.227 e. The van der Waals surface area contributed by atoms with E-state index in [1.54, 1.807) is 0 Å². The molecule has 3 nitrogen and oxygen atoms in total. The molecule has 1 amide bonds. The Labute approximate surface area is 92.8 Å². The third-order valence-corrected chi connectivity index (χ3v) is 3.43. The predicted octanol–water partition coefficient (Wildman–Crippen LogP) is 1.67. The Morgan fingerprint density at radius 3 is 2.53 bits per heavy atom. The highest BCUT2D eigenvalue weighted by Crippen LogP contribution is 2.37. The fourth-order valence-electron chi connectivity index (χ4n) is 2.03. The molecular weight excluding hydrogens is 188 g/mol. The average Bonchev–Trinajstić information content (AvgIpc) is 2.45. The maximum Gasteiger partial charge on any atom is 0.227 e. The fraction of sp³-hybridized carbons (Fsp3) is 0.917. The number of nitrogens with two attached hydrogens (primary N) is 1. The zero-order valence-electron chi connectivity index (χ0n) is 10.4. The summed E-state index contributed by atoms with van der Waals surface area (Å²) in [6.07, 6.45) is 3.37. The van der Waals surface area contributed by atoms with Crippen molar-refractivity contribution >= 4 is 5.91 Å². The Balaban J connectivity index is 2.47. The largest absolute Gasteiger partial charge is 0.353 e. The van der Waals surface area contributed by atoms with Gasteiger partial charge in [-0.2, -0.15) is 0 Å². The van der Waals surface area contributed by atoms with E-state index in [4.69, 9.17) is 5.73 Å². The number of amides is 1. The lowest BCUT2D eigenvalue weighted by molar-refractivity contribution is -0.129. The van der Waals surface area contributed by atoms with E-state index in [-0.39, 0.29) is 5.91 Å². The van der Waals surface area contributed by atoms with E-state index in [9.17, 15) is 4.79 Å². The molecule has 0 saturated heterocycles. The van der Waals surface area contributed by atoms with Crippen LogP contribution in [0.3, 0.4) is 0 Å². The number of carbonyl (C=O) groups is 1. The lowest BCUT2D eigenvalue weighted by Gasteiger charge is -2.25. The Morgan fingerprint density at radius 1 is 1.53 bits per heavy atom. The second-order valence-electron chi connectivity index (χ2n) is 6.17. The zero-order valence-corrected chi connectivity index (χ0v) is 10.4. The summed E-state index contributed by atoms with van der Waals surface area (Å²) in [7, 11) is 0. The van der Waals surface area contributed by atoms with Crippen LogP contribution in [0.15, 0.2) is 0 Å². The minimum Gasteiger partial charge on any atom is -0.353 e. The van der Waals surface area contributed by atoms with Gasteiger partial charge in [0, 0.05) is 12.6 Å². The molecule has 3 N–H and O–H groups in total. The van der Waals surface area contributed by atoms with Gasteiger partial charge in [0.2, 0.25) is 5.91 Å². The highest BCUT2D eigenvalue weighted by atomic mass is 16.2. The van der Waals surface area contributed by atoms with E-state index in [2.05, 4.69) is 19.2 Å². The summed E-state index contributed by atoms with van der Waals surface area (Å²) in [6.45, 7) is 8.69. The molecule has 1 unspecified atom stereocenters. The van der Waals surface area contributed by atoms with Gasteiger partial charge in [0.15, 0.2) is 0 Å². The van der Waals surface area contributed by atoms with Crippen LogP contribution >= 0.6 is 0 Å². The molecule has 0 bridgehead atoms. The minimum absolute atomic E-state index is 0.0905. The molecule has 1 rings (SSSR count). The SMILES string of the molecule is CC1(C)CCC(NC(=O)C(C)(C)CN)C1. The van der Waals surface area contributed by atoms with Gasteiger partial charge in [-0.05, 0) is 38.5 Å². The maximum absolute atomic E-state index is 11.9. The van der Waals surface area contributed by atoms with Crippen LogP contribution in [0.2, 0.25) is 0 Å². The van der Waals surface area contributed by atoms with Gasteiger partial charge in [0.25, 0.3) is 0 Å². The molecule has 3 heteroatoms. The maximum atomic E-state index is 11.9. The molecule has 88 valence electrons. The van der Waals surface area contributed by atoms with Gasteiger partial charge in [-0.1, -0.05) is 13.8 Å². The van der Waals surface area contributed by atoms with Gasteiger partial charge in [-0.15, -0.1) is 0 Å². The van der Waals surface area contributed by atoms with Gasteiger partial charge in [-0.25, -0.2) is 0 Å². The number of hydrogen-bond acceptors (Lipinski definition) is 2. The van der Waals surface area contributed by atoms with E-state index in [0.29, 0.717) is 18.0 Å². The number of rotatable bonds is 3. The highest BCUT2D eigenvalue weighted by molar-refractivity contribution is 5.82. The van der Waals surface area contributed by atoms with Crippen molar-refractivity contribution in [2.75, 3.05) is 6.54 Å². The molecule has 1 fully saturated rings. The molecule has 0 aromatic carbocycles. The molecule has 1 saturated carbocycles. The van der Waals surface area contributed by atoms with Crippen LogP contribution in [0.25, 0.3) is 0 Å². The van der Waals surface area contributed by atoms with E-state index >= 15 is 0 Å². The van der Waals surface area contributed by atoms with Crippen molar-refractivity contribution in [3.05, 3.63) is 0 Å². The Bertz CT molecular complexity index is 246. The van der Waals surface area contributed by atoms with E-state index < -0.39 is 5.41 Å². The normalized spacial score (nSPS) is 25.3. The van der Waals surface area contributed by atoms with Crippen molar-refractivity contribution in [1.29, 1.82) is 0 Å². The molecule has 0 aromatic rings. The number of hydrogen-bond donors (Lipinski definition) is 2. The average molecular weight is 212 g/mol. The quantitative estimate of drug-likeness (QED) is 0.747. The Hall–Kier alpha value is -0.570. The first-order valence-electron chi connectivity index (χ1n) is 5.78. The molecule has 1 atom stereocenters. The third kappa shape index (κ3) is 3.20. The van der Waals surface area contributed by atoms with Crippen molar-refractivity contribution in [1.82, 2.24) is 5.32 Å². The molecule has 0 radical (unpaired) electrons. The summed E-state index contributed by atoms with van der Waals surface area (Å²) in [5.74, 6) is 0.0905. The summed E-state index contributed by atoms with van der Waals surface area (Å²) in [5.41, 5.74) is 5.52. The summed E-state index contributed by atoms with van der Waals surface area (Å²) < 4.78 is 0. The van der Waals surface area contributed by atoms with Crippen molar-refractivity contribution in [2.24, 2.45) is 16.6 Å². The molecule has 1 aliphatic carbocycles. The molecule has 15 heavy (non-hydrogen) atoms. The van der Waals surface area contributed by atoms with Gasteiger partial charge in [0.05, 0.1) is 5.41 Å². The van der Waals surface area contributed by atoms with Gasteiger partial charge < -0.3 is 11.1 Å². The van der Waals surface area contributed by atoms with Gasteiger partial charge >= 0.3 is 0 Å².